The second-order valence-electron chi connectivity index (χ2n) is 5.31. The molecule has 2 aromatic carbocycles. The molecule has 0 radical (unpaired) electrons. The molecule has 0 bridgehead atoms. The van der Waals surface area contributed by atoms with Crippen LogP contribution in [0.1, 0.15) is 10.4 Å². The molecule has 3 rings (SSSR count). The van der Waals surface area contributed by atoms with Crippen molar-refractivity contribution in [3.63, 3.8) is 0 Å². The van der Waals surface area contributed by atoms with E-state index in [0.29, 0.717) is 5.69 Å². The Balaban J connectivity index is 1.91. The molecule has 2 amide bonds. The fraction of sp³-hybridized carbons (Fsp3) is 0.0556. The molecule has 0 fully saturated rings. The third-order valence-corrected chi connectivity index (χ3v) is 4.55. The molecule has 1 N–H and O–H groups in total. The van der Waals surface area contributed by atoms with Crippen LogP contribution in [-0.4, -0.2) is 24.9 Å². The van der Waals surface area contributed by atoms with E-state index in [1.807, 2.05) is 0 Å². The van der Waals surface area contributed by atoms with E-state index in [0.717, 1.165) is 9.37 Å². The van der Waals surface area contributed by atoms with E-state index in [9.17, 15) is 14.4 Å². The highest BCUT2D eigenvalue weighted by atomic mass is 79.9. The molecule has 132 valence electrons. The smallest absolute Gasteiger partial charge is 0.337 e. The minimum absolute atomic E-state index is 0.0255. The van der Waals surface area contributed by atoms with Gasteiger partial charge in [0.25, 0.3) is 11.8 Å². The zero-order valence-corrected chi connectivity index (χ0v) is 15.8. The second-order valence-corrected chi connectivity index (χ2v) is 6.60. The minimum atomic E-state index is -0.668. The Hall–Kier alpha value is -2.64. The summed E-state index contributed by atoms with van der Waals surface area (Å²) in [7, 11) is 1.25. The summed E-state index contributed by atoms with van der Waals surface area (Å²) in [4.78, 5) is 37.8. The molecule has 0 aliphatic carbocycles. The van der Waals surface area contributed by atoms with E-state index in [2.05, 4.69) is 26.0 Å². The van der Waals surface area contributed by atoms with Crippen LogP contribution in [0.2, 0.25) is 0 Å². The molecule has 1 aliphatic heterocycles. The summed E-state index contributed by atoms with van der Waals surface area (Å²) >= 11 is 9.41. The molecular weight excluding hydrogens is 424 g/mol. The van der Waals surface area contributed by atoms with Gasteiger partial charge in [-0.15, -0.1) is 0 Å². The first-order chi connectivity index (χ1) is 12.4. The molecular formula is C18H12BrClN2O4. The molecule has 26 heavy (non-hydrogen) atoms. The van der Waals surface area contributed by atoms with Crippen molar-refractivity contribution in [3.8, 4) is 0 Å². The predicted octanol–water partition coefficient (Wildman–Crippen LogP) is 3.67. The number of benzene rings is 2. The van der Waals surface area contributed by atoms with Crippen LogP contribution < -0.4 is 10.2 Å². The second kappa shape index (κ2) is 7.31. The van der Waals surface area contributed by atoms with Crippen molar-refractivity contribution in [2.75, 3.05) is 17.3 Å². The number of carbonyl (C=O) groups is 3. The largest absolute Gasteiger partial charge is 0.465 e. The minimum Gasteiger partial charge on any atom is -0.465 e. The maximum Gasteiger partial charge on any atom is 0.337 e. The number of rotatable bonds is 4. The van der Waals surface area contributed by atoms with Gasteiger partial charge >= 0.3 is 5.97 Å². The van der Waals surface area contributed by atoms with Gasteiger partial charge in [-0.05, 0) is 42.5 Å². The van der Waals surface area contributed by atoms with E-state index in [1.54, 1.807) is 30.3 Å². The van der Waals surface area contributed by atoms with Crippen molar-refractivity contribution in [3.05, 3.63) is 69.3 Å². The van der Waals surface area contributed by atoms with Crippen molar-refractivity contribution in [2.24, 2.45) is 0 Å². The summed E-state index contributed by atoms with van der Waals surface area (Å²) in [5.74, 6) is -1.85. The topological polar surface area (TPSA) is 75.7 Å². The molecule has 8 heteroatoms. The van der Waals surface area contributed by atoms with Crippen LogP contribution in [0.3, 0.4) is 0 Å². The van der Waals surface area contributed by atoms with Crippen LogP contribution in [0.4, 0.5) is 11.4 Å². The lowest BCUT2D eigenvalue weighted by Crippen LogP contribution is -2.32. The Morgan fingerprint density at radius 1 is 1.12 bits per heavy atom. The average Bonchev–Trinajstić information content (AvgIpc) is 2.86. The highest BCUT2D eigenvalue weighted by Gasteiger charge is 2.39. The van der Waals surface area contributed by atoms with Gasteiger partial charge in [-0.25, -0.2) is 9.69 Å². The van der Waals surface area contributed by atoms with Gasteiger partial charge in [0.2, 0.25) is 0 Å². The Bertz CT molecular complexity index is 940. The summed E-state index contributed by atoms with van der Waals surface area (Å²) in [5.41, 5.74) is 1.03. The van der Waals surface area contributed by atoms with Crippen LogP contribution in [0.15, 0.2) is 63.7 Å². The zero-order valence-electron chi connectivity index (χ0n) is 13.5. The molecule has 1 heterocycles. The van der Waals surface area contributed by atoms with Gasteiger partial charge in [0.15, 0.2) is 0 Å². The number of nitrogens with one attached hydrogen (secondary N) is 1. The van der Waals surface area contributed by atoms with E-state index >= 15 is 0 Å². The number of anilines is 2. The Morgan fingerprint density at radius 2 is 1.81 bits per heavy atom. The lowest BCUT2D eigenvalue weighted by atomic mass is 10.2. The number of carbonyl (C=O) groups excluding carboxylic acids is 3. The maximum atomic E-state index is 12.7. The average molecular weight is 436 g/mol. The fourth-order valence-corrected chi connectivity index (χ4v) is 2.89. The van der Waals surface area contributed by atoms with E-state index < -0.39 is 17.8 Å². The number of methoxy groups -OCH3 is 1. The summed E-state index contributed by atoms with van der Waals surface area (Å²) in [6.07, 6.45) is 0. The molecule has 0 aromatic heterocycles. The highest BCUT2D eigenvalue weighted by molar-refractivity contribution is 9.10. The van der Waals surface area contributed by atoms with Crippen molar-refractivity contribution in [2.45, 2.75) is 0 Å². The van der Waals surface area contributed by atoms with Gasteiger partial charge in [-0.2, -0.15) is 0 Å². The first kappa shape index (κ1) is 18.2. The van der Waals surface area contributed by atoms with Gasteiger partial charge in [-0.3, -0.25) is 9.59 Å². The maximum absolute atomic E-state index is 12.7. The summed E-state index contributed by atoms with van der Waals surface area (Å²) in [6, 6.07) is 13.1. The molecule has 1 aliphatic rings. The van der Waals surface area contributed by atoms with Gasteiger partial charge in [0.1, 0.15) is 10.7 Å². The molecule has 0 atom stereocenters. The van der Waals surface area contributed by atoms with Crippen LogP contribution in [0, 0.1) is 0 Å². The number of hydrogen-bond acceptors (Lipinski definition) is 5. The number of amides is 2. The number of esters is 1. The lowest BCUT2D eigenvalue weighted by Gasteiger charge is -2.15. The zero-order chi connectivity index (χ0) is 18.8. The first-order valence-corrected chi connectivity index (χ1v) is 8.59. The SMILES string of the molecule is COC(=O)c1cccc(N2C(=O)C(Cl)=C(Nc3ccc(Br)cc3)C2=O)c1. The van der Waals surface area contributed by atoms with Crippen LogP contribution >= 0.6 is 27.5 Å². The number of hydrogen-bond donors (Lipinski definition) is 1. The quantitative estimate of drug-likeness (QED) is 0.586. The Morgan fingerprint density at radius 3 is 2.46 bits per heavy atom. The molecule has 2 aromatic rings. The van der Waals surface area contributed by atoms with Gasteiger partial charge in [0, 0.05) is 10.2 Å². The van der Waals surface area contributed by atoms with Crippen molar-refractivity contribution in [1.29, 1.82) is 0 Å². The Kier molecular flexibility index (Phi) is 5.11. The number of halogens is 2. The van der Waals surface area contributed by atoms with Crippen LogP contribution in [0.25, 0.3) is 0 Å². The monoisotopic (exact) mass is 434 g/mol. The molecule has 0 spiro atoms. The number of ether oxygens (including phenoxy) is 1. The van der Waals surface area contributed by atoms with Gasteiger partial charge in [0.05, 0.1) is 18.4 Å². The number of imide groups is 1. The Labute approximate surface area is 162 Å². The third-order valence-electron chi connectivity index (χ3n) is 3.67. The molecule has 0 unspecified atom stereocenters. The third kappa shape index (κ3) is 3.36. The normalized spacial score (nSPS) is 14.0. The number of nitrogens with zero attached hydrogens (tertiary/aromatic N) is 1. The first-order valence-electron chi connectivity index (χ1n) is 7.42. The summed E-state index contributed by atoms with van der Waals surface area (Å²) in [6.45, 7) is 0. The van der Waals surface area contributed by atoms with Crippen LogP contribution in [0.5, 0.6) is 0 Å². The highest BCUT2D eigenvalue weighted by Crippen LogP contribution is 2.30. The van der Waals surface area contributed by atoms with E-state index in [1.165, 1.54) is 25.3 Å². The van der Waals surface area contributed by atoms with Crippen molar-refractivity contribution < 1.29 is 19.1 Å². The standard InChI is InChI=1S/C18H12BrClN2O4/c1-26-18(25)10-3-2-4-13(9-10)22-16(23)14(20)15(17(22)24)21-12-7-5-11(19)6-8-12/h2-9,21H,1H3. The van der Waals surface area contributed by atoms with E-state index in [4.69, 9.17) is 11.6 Å². The summed E-state index contributed by atoms with van der Waals surface area (Å²) < 4.78 is 5.53. The van der Waals surface area contributed by atoms with Gasteiger partial charge in [-0.1, -0.05) is 33.6 Å². The molecule has 6 nitrogen and oxygen atoms in total. The van der Waals surface area contributed by atoms with Crippen LogP contribution in [-0.2, 0) is 14.3 Å². The van der Waals surface area contributed by atoms with Gasteiger partial charge < -0.3 is 10.1 Å². The lowest BCUT2D eigenvalue weighted by molar-refractivity contribution is -0.120. The summed E-state index contributed by atoms with van der Waals surface area (Å²) in [5, 5.41) is 2.65. The van der Waals surface area contributed by atoms with E-state index in [-0.39, 0.29) is 22.0 Å². The molecule has 0 saturated carbocycles. The predicted molar refractivity (Wildman–Crippen MR) is 101 cm³/mol. The van der Waals surface area contributed by atoms with Crippen molar-refractivity contribution in [1.82, 2.24) is 0 Å². The molecule has 0 saturated heterocycles. The van der Waals surface area contributed by atoms with Crippen molar-refractivity contribution >= 4 is 56.7 Å². The fourth-order valence-electron chi connectivity index (χ4n) is 2.41.